The van der Waals surface area contributed by atoms with Gasteiger partial charge in [-0.1, -0.05) is 24.3 Å². The Morgan fingerprint density at radius 1 is 1.13 bits per heavy atom. The zero-order chi connectivity index (χ0) is 21.6. The van der Waals surface area contributed by atoms with Gasteiger partial charge in [0.1, 0.15) is 18.1 Å². The van der Waals surface area contributed by atoms with E-state index in [1.807, 2.05) is 24.3 Å². The summed E-state index contributed by atoms with van der Waals surface area (Å²) in [5.41, 5.74) is 5.49. The van der Waals surface area contributed by atoms with Crippen molar-refractivity contribution in [2.45, 2.75) is 13.5 Å². The van der Waals surface area contributed by atoms with Gasteiger partial charge in [-0.25, -0.2) is 15.2 Å². The van der Waals surface area contributed by atoms with E-state index in [1.165, 1.54) is 6.21 Å². The molecule has 0 saturated heterocycles. The Morgan fingerprint density at radius 2 is 1.94 bits per heavy atom. The van der Waals surface area contributed by atoms with Gasteiger partial charge in [-0.05, 0) is 43.3 Å². The number of benzene rings is 2. The quantitative estimate of drug-likeness (QED) is 0.282. The number of amides is 1. The Bertz CT molecular complexity index is 1240. The topological polar surface area (TPSA) is 98.7 Å². The number of ether oxygens (including phenoxy) is 1. The molecule has 2 heterocycles. The molecule has 0 radical (unpaired) electrons. The lowest BCUT2D eigenvalue weighted by atomic mass is 10.1. The molecular weight excluding hydrogens is 396 g/mol. The van der Waals surface area contributed by atoms with Crippen LogP contribution in [0.2, 0.25) is 0 Å². The van der Waals surface area contributed by atoms with Crippen LogP contribution >= 0.6 is 0 Å². The van der Waals surface area contributed by atoms with Gasteiger partial charge in [-0.2, -0.15) is 5.10 Å². The van der Waals surface area contributed by atoms with Gasteiger partial charge >= 0.3 is 5.97 Å². The number of imidazole rings is 1. The second-order valence-electron chi connectivity index (χ2n) is 6.65. The number of carbonyl (C=O) groups excluding carboxylic acids is 2. The van der Waals surface area contributed by atoms with E-state index in [1.54, 1.807) is 54.2 Å². The lowest BCUT2D eigenvalue weighted by molar-refractivity contribution is -0.121. The summed E-state index contributed by atoms with van der Waals surface area (Å²) in [4.78, 5) is 28.2. The average molecular weight is 416 g/mol. The third-order valence-corrected chi connectivity index (χ3v) is 4.53. The number of para-hydroxylation sites is 2. The van der Waals surface area contributed by atoms with Crippen molar-refractivity contribution in [3.05, 3.63) is 78.3 Å². The van der Waals surface area contributed by atoms with Gasteiger partial charge in [0.2, 0.25) is 0 Å². The summed E-state index contributed by atoms with van der Waals surface area (Å²) in [5, 5.41) is 3.95. The van der Waals surface area contributed by atoms with Gasteiger partial charge in [0, 0.05) is 5.56 Å². The molecule has 8 nitrogen and oxygen atoms in total. The highest BCUT2D eigenvalue weighted by Crippen LogP contribution is 2.22. The number of hydrogen-bond donors (Lipinski definition) is 1. The summed E-state index contributed by atoms with van der Waals surface area (Å²) >= 11 is 0. The molecule has 0 bridgehead atoms. The van der Waals surface area contributed by atoms with E-state index in [0.717, 1.165) is 16.6 Å². The molecule has 4 rings (SSSR count). The number of aromatic nitrogens is 2. The summed E-state index contributed by atoms with van der Waals surface area (Å²) in [6, 6.07) is 18.1. The molecule has 0 atom stereocenters. The van der Waals surface area contributed by atoms with Gasteiger partial charge in [0.15, 0.2) is 0 Å². The molecule has 0 fully saturated rings. The zero-order valence-electron chi connectivity index (χ0n) is 16.8. The van der Waals surface area contributed by atoms with E-state index >= 15 is 0 Å². The van der Waals surface area contributed by atoms with Crippen molar-refractivity contribution in [1.29, 1.82) is 0 Å². The first-order chi connectivity index (χ1) is 15.1. The lowest BCUT2D eigenvalue weighted by Crippen LogP contribution is -2.22. The number of carbonyl (C=O) groups is 2. The summed E-state index contributed by atoms with van der Waals surface area (Å²) in [5.74, 6) is 0.465. The van der Waals surface area contributed by atoms with Gasteiger partial charge in [0.25, 0.3) is 5.91 Å². The molecule has 2 aromatic heterocycles. The number of hydrazone groups is 1. The van der Waals surface area contributed by atoms with E-state index in [2.05, 4.69) is 15.5 Å². The number of rotatable bonds is 7. The number of nitrogens with one attached hydrogen (secondary N) is 1. The number of nitrogens with zero attached hydrogens (tertiary/aromatic N) is 3. The predicted molar refractivity (Wildman–Crippen MR) is 116 cm³/mol. The predicted octanol–water partition coefficient (Wildman–Crippen LogP) is 3.62. The molecule has 0 unspecified atom stereocenters. The van der Waals surface area contributed by atoms with Crippen LogP contribution < -0.4 is 5.43 Å². The minimum atomic E-state index is -0.360. The van der Waals surface area contributed by atoms with Crippen LogP contribution in [0.1, 0.15) is 23.0 Å². The number of hydrogen-bond acceptors (Lipinski definition) is 6. The van der Waals surface area contributed by atoms with Crippen LogP contribution in [-0.2, 0) is 16.1 Å². The maximum absolute atomic E-state index is 12.2. The van der Waals surface area contributed by atoms with Crippen molar-refractivity contribution in [3.8, 4) is 11.3 Å². The third-order valence-electron chi connectivity index (χ3n) is 4.53. The SMILES string of the molecule is CCOC(=O)c1ccc(-c2ccc(C=NNC(=O)Cn3cnc4ccccc43)o2)cc1. The maximum atomic E-state index is 12.2. The maximum Gasteiger partial charge on any atom is 0.338 e. The van der Waals surface area contributed by atoms with Gasteiger partial charge in [-0.3, -0.25) is 4.79 Å². The fourth-order valence-electron chi connectivity index (χ4n) is 3.06. The van der Waals surface area contributed by atoms with Crippen LogP contribution in [0.5, 0.6) is 0 Å². The molecule has 0 spiro atoms. The molecule has 4 aromatic rings. The molecule has 1 N–H and O–H groups in total. The highest BCUT2D eigenvalue weighted by molar-refractivity contribution is 5.90. The fraction of sp³-hybridized carbons (Fsp3) is 0.130. The smallest absolute Gasteiger partial charge is 0.338 e. The summed E-state index contributed by atoms with van der Waals surface area (Å²) in [7, 11) is 0. The Morgan fingerprint density at radius 3 is 2.74 bits per heavy atom. The minimum Gasteiger partial charge on any atom is -0.462 e. The zero-order valence-corrected chi connectivity index (χ0v) is 16.8. The first kappa shape index (κ1) is 20.1. The van der Waals surface area contributed by atoms with Gasteiger partial charge < -0.3 is 13.7 Å². The molecule has 0 aliphatic carbocycles. The molecule has 2 aromatic carbocycles. The monoisotopic (exact) mass is 416 g/mol. The fourth-order valence-corrected chi connectivity index (χ4v) is 3.06. The van der Waals surface area contributed by atoms with Crippen LogP contribution in [-0.4, -0.2) is 34.2 Å². The number of furan rings is 1. The Labute approximate surface area is 178 Å². The minimum absolute atomic E-state index is 0.105. The van der Waals surface area contributed by atoms with Crippen molar-refractivity contribution in [2.24, 2.45) is 5.10 Å². The first-order valence-corrected chi connectivity index (χ1v) is 9.73. The van der Waals surface area contributed by atoms with Gasteiger partial charge in [0.05, 0.1) is 35.7 Å². The Balaban J connectivity index is 1.35. The first-order valence-electron chi connectivity index (χ1n) is 9.73. The van der Waals surface area contributed by atoms with Crippen molar-refractivity contribution in [3.63, 3.8) is 0 Å². The molecular formula is C23H20N4O4. The van der Waals surface area contributed by atoms with E-state index in [0.29, 0.717) is 23.7 Å². The molecule has 8 heteroatoms. The van der Waals surface area contributed by atoms with E-state index in [-0.39, 0.29) is 18.4 Å². The lowest BCUT2D eigenvalue weighted by Gasteiger charge is -2.03. The molecule has 0 aliphatic heterocycles. The van der Waals surface area contributed by atoms with Crippen molar-refractivity contribution in [2.75, 3.05) is 6.61 Å². The summed E-state index contributed by atoms with van der Waals surface area (Å²) in [6.45, 7) is 2.20. The van der Waals surface area contributed by atoms with Crippen LogP contribution in [0.25, 0.3) is 22.4 Å². The number of fused-ring (bicyclic) bond motifs is 1. The highest BCUT2D eigenvalue weighted by atomic mass is 16.5. The van der Waals surface area contributed by atoms with Crippen molar-refractivity contribution >= 4 is 29.1 Å². The van der Waals surface area contributed by atoms with Crippen LogP contribution in [0.15, 0.2) is 76.5 Å². The molecule has 31 heavy (non-hydrogen) atoms. The Kier molecular flexibility index (Phi) is 5.89. The molecule has 156 valence electrons. The third kappa shape index (κ3) is 4.69. The molecule has 0 saturated carbocycles. The molecule has 1 amide bonds. The standard InChI is InChI=1S/C23H20N4O4/c1-2-30-23(29)17-9-7-16(8-10-17)21-12-11-18(31-21)13-25-26-22(28)14-27-15-24-19-5-3-4-6-20(19)27/h3-13,15H,2,14H2,1H3,(H,26,28). The van der Waals surface area contributed by atoms with E-state index < -0.39 is 0 Å². The largest absolute Gasteiger partial charge is 0.462 e. The summed E-state index contributed by atoms with van der Waals surface area (Å²) < 4.78 is 12.5. The Hall–Kier alpha value is -4.20. The van der Waals surface area contributed by atoms with E-state index in [4.69, 9.17) is 9.15 Å². The highest BCUT2D eigenvalue weighted by Gasteiger charge is 2.09. The second kappa shape index (κ2) is 9.08. The second-order valence-corrected chi connectivity index (χ2v) is 6.65. The average Bonchev–Trinajstić information content (AvgIpc) is 3.42. The van der Waals surface area contributed by atoms with Gasteiger partial charge in [-0.15, -0.1) is 0 Å². The van der Waals surface area contributed by atoms with Crippen LogP contribution in [0, 0.1) is 0 Å². The normalized spacial score (nSPS) is 11.1. The van der Waals surface area contributed by atoms with Crippen LogP contribution in [0.3, 0.4) is 0 Å². The number of esters is 1. The van der Waals surface area contributed by atoms with Crippen molar-refractivity contribution < 1.29 is 18.7 Å². The molecule has 0 aliphatic rings. The summed E-state index contributed by atoms with van der Waals surface area (Å²) in [6.07, 6.45) is 3.06. The van der Waals surface area contributed by atoms with Crippen LogP contribution in [0.4, 0.5) is 0 Å². The van der Waals surface area contributed by atoms with E-state index in [9.17, 15) is 9.59 Å². The van der Waals surface area contributed by atoms with Crippen molar-refractivity contribution in [1.82, 2.24) is 15.0 Å².